The first-order valence-corrected chi connectivity index (χ1v) is 9.77. The number of nitrogens with zero attached hydrogens (tertiary/aromatic N) is 2. The van der Waals surface area contributed by atoms with E-state index in [2.05, 4.69) is 25.6 Å². The van der Waals surface area contributed by atoms with Crippen molar-refractivity contribution in [2.24, 2.45) is 0 Å². The van der Waals surface area contributed by atoms with E-state index in [1.165, 1.54) is 24.4 Å². The first kappa shape index (κ1) is 19.6. The number of halogens is 2. The van der Waals surface area contributed by atoms with Gasteiger partial charge >= 0.3 is 0 Å². The second kappa shape index (κ2) is 8.59. The lowest BCUT2D eigenvalue weighted by Crippen LogP contribution is -2.17. The number of aromatic nitrogens is 1. The summed E-state index contributed by atoms with van der Waals surface area (Å²) in [5.74, 6) is -0.461. The van der Waals surface area contributed by atoms with Crippen molar-refractivity contribution in [1.82, 2.24) is 9.88 Å². The maximum absolute atomic E-state index is 13.3. The van der Waals surface area contributed by atoms with Crippen molar-refractivity contribution in [2.75, 3.05) is 32.0 Å². The number of sulfonamides is 1. The van der Waals surface area contributed by atoms with Crippen molar-refractivity contribution >= 4 is 31.6 Å². The Morgan fingerprint density at radius 2 is 2.08 bits per heavy atom. The number of anilines is 1. The number of nitrogens with one attached hydrogen (secondary N) is 1. The van der Waals surface area contributed by atoms with Gasteiger partial charge in [0.1, 0.15) is 11.5 Å². The number of ether oxygens (including phenoxy) is 1. The van der Waals surface area contributed by atoms with Crippen LogP contribution < -0.4 is 9.46 Å². The average molecular weight is 432 g/mol. The minimum absolute atomic E-state index is 0.168. The van der Waals surface area contributed by atoms with Crippen LogP contribution in [0, 0.1) is 5.82 Å². The standard InChI is InChI=1S/C16H19BrFN3O3S/c1-21(2)7-4-8-24-16-15(9-12(17)11-19-16)20-25(22,23)14-6-3-5-13(18)10-14/h3,5-6,9-11,20H,4,7-8H2,1-2H3. The summed E-state index contributed by atoms with van der Waals surface area (Å²) in [5, 5.41) is 0. The Morgan fingerprint density at radius 3 is 2.76 bits per heavy atom. The highest BCUT2D eigenvalue weighted by molar-refractivity contribution is 9.10. The third-order valence-corrected chi connectivity index (χ3v) is 4.95. The van der Waals surface area contributed by atoms with Crippen LogP contribution in [0.15, 0.2) is 45.9 Å². The fourth-order valence-electron chi connectivity index (χ4n) is 2.00. The Morgan fingerprint density at radius 1 is 1.32 bits per heavy atom. The molecule has 0 amide bonds. The second-order valence-electron chi connectivity index (χ2n) is 5.57. The van der Waals surface area contributed by atoms with Crippen LogP contribution in [0.5, 0.6) is 5.88 Å². The molecule has 1 heterocycles. The summed E-state index contributed by atoms with van der Waals surface area (Å²) in [6, 6.07) is 6.33. The van der Waals surface area contributed by atoms with Crippen molar-refractivity contribution in [1.29, 1.82) is 0 Å². The van der Waals surface area contributed by atoms with Crippen LogP contribution in [0.3, 0.4) is 0 Å². The lowest BCUT2D eigenvalue weighted by Gasteiger charge is -2.14. The van der Waals surface area contributed by atoms with Crippen LogP contribution in [0.4, 0.5) is 10.1 Å². The molecule has 2 rings (SSSR count). The van der Waals surface area contributed by atoms with E-state index < -0.39 is 15.8 Å². The fraction of sp³-hybridized carbons (Fsp3) is 0.312. The smallest absolute Gasteiger partial charge is 0.262 e. The zero-order valence-corrected chi connectivity index (χ0v) is 16.3. The first-order valence-electron chi connectivity index (χ1n) is 7.49. The van der Waals surface area contributed by atoms with Gasteiger partial charge in [-0.25, -0.2) is 17.8 Å². The van der Waals surface area contributed by atoms with Gasteiger partial charge in [0.25, 0.3) is 10.0 Å². The molecular formula is C16H19BrFN3O3S. The van der Waals surface area contributed by atoms with Crippen molar-refractivity contribution in [3.63, 3.8) is 0 Å². The normalized spacial score (nSPS) is 11.6. The highest BCUT2D eigenvalue weighted by Crippen LogP contribution is 2.28. The predicted molar refractivity (Wildman–Crippen MR) is 97.8 cm³/mol. The molecule has 0 spiro atoms. The van der Waals surface area contributed by atoms with E-state index in [1.54, 1.807) is 6.07 Å². The Kier molecular flexibility index (Phi) is 6.74. The summed E-state index contributed by atoms with van der Waals surface area (Å²) in [6.07, 6.45) is 2.28. The topological polar surface area (TPSA) is 71.5 Å². The van der Waals surface area contributed by atoms with Gasteiger partial charge in [-0.3, -0.25) is 4.72 Å². The van der Waals surface area contributed by atoms with Crippen molar-refractivity contribution in [3.05, 3.63) is 46.8 Å². The molecule has 2 aromatic rings. The van der Waals surface area contributed by atoms with Gasteiger partial charge < -0.3 is 9.64 Å². The van der Waals surface area contributed by atoms with Crippen LogP contribution in [0.25, 0.3) is 0 Å². The SMILES string of the molecule is CN(C)CCCOc1ncc(Br)cc1NS(=O)(=O)c1cccc(F)c1. The van der Waals surface area contributed by atoms with Crippen LogP contribution in [0.2, 0.25) is 0 Å². The Bertz CT molecular complexity index is 831. The molecule has 0 saturated carbocycles. The summed E-state index contributed by atoms with van der Waals surface area (Å²) >= 11 is 3.25. The minimum atomic E-state index is -3.96. The van der Waals surface area contributed by atoms with Crippen molar-refractivity contribution < 1.29 is 17.5 Å². The molecule has 0 radical (unpaired) electrons. The highest BCUT2D eigenvalue weighted by atomic mass is 79.9. The Balaban J connectivity index is 2.18. The van der Waals surface area contributed by atoms with Crippen LogP contribution >= 0.6 is 15.9 Å². The molecule has 0 aliphatic heterocycles. The minimum Gasteiger partial charge on any atom is -0.476 e. The molecule has 0 unspecified atom stereocenters. The molecule has 1 aromatic heterocycles. The highest BCUT2D eigenvalue weighted by Gasteiger charge is 2.18. The number of hydrogen-bond donors (Lipinski definition) is 1. The molecule has 0 fully saturated rings. The number of rotatable bonds is 8. The van der Waals surface area contributed by atoms with Gasteiger partial charge in [-0.1, -0.05) is 6.07 Å². The van der Waals surface area contributed by atoms with Crippen LogP contribution in [0.1, 0.15) is 6.42 Å². The number of hydrogen-bond acceptors (Lipinski definition) is 5. The van der Waals surface area contributed by atoms with E-state index in [0.29, 0.717) is 11.1 Å². The summed E-state index contributed by atoms with van der Waals surface area (Å²) in [5.41, 5.74) is 0.184. The molecule has 0 saturated heterocycles. The molecule has 0 bridgehead atoms. The van der Waals surface area contributed by atoms with Gasteiger partial charge in [-0.2, -0.15) is 0 Å². The molecule has 6 nitrogen and oxygen atoms in total. The van der Waals surface area contributed by atoms with E-state index in [9.17, 15) is 12.8 Å². The van der Waals surface area contributed by atoms with E-state index in [4.69, 9.17) is 4.74 Å². The molecule has 0 atom stereocenters. The zero-order chi connectivity index (χ0) is 18.4. The molecule has 0 aliphatic carbocycles. The maximum Gasteiger partial charge on any atom is 0.262 e. The summed E-state index contributed by atoms with van der Waals surface area (Å²) in [4.78, 5) is 5.95. The molecule has 25 heavy (non-hydrogen) atoms. The maximum atomic E-state index is 13.3. The van der Waals surface area contributed by atoms with E-state index in [-0.39, 0.29) is 16.5 Å². The van der Waals surface area contributed by atoms with E-state index in [1.807, 2.05) is 19.0 Å². The van der Waals surface area contributed by atoms with Crippen LogP contribution in [-0.2, 0) is 10.0 Å². The first-order chi connectivity index (χ1) is 11.8. The lowest BCUT2D eigenvalue weighted by molar-refractivity contribution is 0.274. The van der Waals surface area contributed by atoms with Gasteiger partial charge in [0.05, 0.1) is 11.5 Å². The van der Waals surface area contributed by atoms with Gasteiger partial charge in [0.2, 0.25) is 5.88 Å². The van der Waals surface area contributed by atoms with Gasteiger partial charge in [-0.15, -0.1) is 0 Å². The Labute approximate surface area is 155 Å². The fourth-order valence-corrected chi connectivity index (χ4v) is 3.41. The average Bonchev–Trinajstić information content (AvgIpc) is 2.52. The molecular weight excluding hydrogens is 413 g/mol. The third-order valence-electron chi connectivity index (χ3n) is 3.16. The zero-order valence-electron chi connectivity index (χ0n) is 13.9. The largest absolute Gasteiger partial charge is 0.476 e. The molecule has 1 aromatic carbocycles. The van der Waals surface area contributed by atoms with E-state index in [0.717, 1.165) is 19.0 Å². The number of pyridine rings is 1. The van der Waals surface area contributed by atoms with Crippen molar-refractivity contribution in [3.8, 4) is 5.88 Å². The molecule has 136 valence electrons. The molecule has 1 N–H and O–H groups in total. The number of benzene rings is 1. The predicted octanol–water partition coefficient (Wildman–Crippen LogP) is 3.11. The summed E-state index contributed by atoms with van der Waals surface area (Å²) in [6.45, 7) is 1.22. The molecule has 0 aliphatic rings. The lowest BCUT2D eigenvalue weighted by atomic mass is 10.4. The van der Waals surface area contributed by atoms with E-state index >= 15 is 0 Å². The third kappa shape index (κ3) is 5.94. The van der Waals surface area contributed by atoms with Gasteiger partial charge in [-0.05, 0) is 60.7 Å². The van der Waals surface area contributed by atoms with Gasteiger partial charge in [0.15, 0.2) is 0 Å². The monoisotopic (exact) mass is 431 g/mol. The molecule has 9 heteroatoms. The van der Waals surface area contributed by atoms with Crippen molar-refractivity contribution in [2.45, 2.75) is 11.3 Å². The summed E-state index contributed by atoms with van der Waals surface area (Å²) < 4.78 is 46.8. The van der Waals surface area contributed by atoms with Crippen LogP contribution in [-0.4, -0.2) is 45.5 Å². The Hall–Kier alpha value is -1.71. The quantitative estimate of drug-likeness (QED) is 0.650. The van der Waals surface area contributed by atoms with Gasteiger partial charge in [0, 0.05) is 17.2 Å². The summed E-state index contributed by atoms with van der Waals surface area (Å²) in [7, 11) is -0.0486. The second-order valence-corrected chi connectivity index (χ2v) is 8.17.